The van der Waals surface area contributed by atoms with E-state index < -0.39 is 5.97 Å². The lowest BCUT2D eigenvalue weighted by Crippen LogP contribution is -2.45. The Morgan fingerprint density at radius 2 is 2.15 bits per heavy atom. The molecule has 5 nitrogen and oxygen atoms in total. The van der Waals surface area contributed by atoms with Gasteiger partial charge in [-0.3, -0.25) is 4.79 Å². The number of carbonyl (C=O) groups excluding carboxylic acids is 1. The van der Waals surface area contributed by atoms with Crippen LogP contribution in [0.3, 0.4) is 0 Å². The predicted molar refractivity (Wildman–Crippen MR) is 77.0 cm³/mol. The van der Waals surface area contributed by atoms with Gasteiger partial charge in [0.2, 0.25) is 5.91 Å². The van der Waals surface area contributed by atoms with E-state index in [1.807, 2.05) is 0 Å². The van der Waals surface area contributed by atoms with Crippen molar-refractivity contribution in [2.24, 2.45) is 5.92 Å². The van der Waals surface area contributed by atoms with Crippen molar-refractivity contribution in [2.45, 2.75) is 32.7 Å². The molecule has 1 aliphatic rings. The highest BCUT2D eigenvalue weighted by molar-refractivity contribution is 5.98. The highest BCUT2D eigenvalue weighted by Gasteiger charge is 2.25. The average Bonchev–Trinajstić information content (AvgIpc) is 2.40. The average molecular weight is 276 g/mol. The van der Waals surface area contributed by atoms with Gasteiger partial charge in [-0.05, 0) is 49.9 Å². The van der Waals surface area contributed by atoms with Crippen molar-refractivity contribution in [1.29, 1.82) is 0 Å². The fraction of sp³-hybridized carbons (Fsp3) is 0.467. The molecule has 2 unspecified atom stereocenters. The first-order valence-electron chi connectivity index (χ1n) is 6.86. The molecule has 0 saturated carbocycles. The Morgan fingerprint density at radius 1 is 1.40 bits per heavy atom. The van der Waals surface area contributed by atoms with Crippen LogP contribution in [0.25, 0.3) is 0 Å². The number of carbonyl (C=O) groups is 2. The topological polar surface area (TPSA) is 78.4 Å². The predicted octanol–water partition coefficient (Wildman–Crippen LogP) is 2.02. The van der Waals surface area contributed by atoms with Crippen LogP contribution < -0.4 is 10.6 Å². The van der Waals surface area contributed by atoms with E-state index in [2.05, 4.69) is 17.6 Å². The zero-order valence-corrected chi connectivity index (χ0v) is 11.8. The van der Waals surface area contributed by atoms with E-state index in [-0.39, 0.29) is 17.5 Å². The maximum absolute atomic E-state index is 12.2. The molecule has 0 aromatic heterocycles. The molecule has 1 heterocycles. The lowest BCUT2D eigenvalue weighted by molar-refractivity contribution is -0.119. The van der Waals surface area contributed by atoms with E-state index in [1.165, 1.54) is 6.07 Å². The first-order valence-corrected chi connectivity index (χ1v) is 6.86. The van der Waals surface area contributed by atoms with E-state index in [9.17, 15) is 9.59 Å². The number of carboxylic acids is 1. The molecule has 5 heteroatoms. The molecule has 1 amide bonds. The number of benzene rings is 1. The smallest absolute Gasteiger partial charge is 0.336 e. The van der Waals surface area contributed by atoms with E-state index in [1.54, 1.807) is 19.1 Å². The molecule has 1 aromatic rings. The Hall–Kier alpha value is -1.88. The lowest BCUT2D eigenvalue weighted by atomic mass is 9.94. The van der Waals surface area contributed by atoms with Crippen molar-refractivity contribution in [3.63, 3.8) is 0 Å². The summed E-state index contributed by atoms with van der Waals surface area (Å²) in [6.07, 6.45) is 1.89. The van der Waals surface area contributed by atoms with Crippen molar-refractivity contribution in [1.82, 2.24) is 5.32 Å². The molecule has 1 aromatic carbocycles. The van der Waals surface area contributed by atoms with Crippen LogP contribution in [0.5, 0.6) is 0 Å². The number of aromatic carboxylic acids is 1. The molecule has 1 saturated heterocycles. The second-order valence-corrected chi connectivity index (χ2v) is 5.41. The molecule has 2 atom stereocenters. The number of nitrogens with one attached hydrogen (secondary N) is 2. The number of hydrogen-bond donors (Lipinski definition) is 3. The molecule has 0 aliphatic carbocycles. The second-order valence-electron chi connectivity index (χ2n) is 5.41. The van der Waals surface area contributed by atoms with Crippen molar-refractivity contribution in [3.8, 4) is 0 Å². The quantitative estimate of drug-likeness (QED) is 0.789. The summed E-state index contributed by atoms with van der Waals surface area (Å²) in [6.45, 7) is 4.68. The van der Waals surface area contributed by atoms with Crippen molar-refractivity contribution >= 4 is 17.6 Å². The van der Waals surface area contributed by atoms with Gasteiger partial charge in [0.15, 0.2) is 0 Å². The Labute approximate surface area is 118 Å². The molecule has 1 fully saturated rings. The third kappa shape index (κ3) is 3.17. The number of piperidine rings is 1. The fourth-order valence-electron chi connectivity index (χ4n) is 2.53. The standard InChI is InChI=1S/C15H20N2O3/c1-9-6-7-16-13(8-9)14(18)17-12-5-3-4-11(10(12)2)15(19)20/h3-5,9,13,16H,6-8H2,1-2H3,(H,17,18)(H,19,20). The maximum Gasteiger partial charge on any atom is 0.336 e. The third-order valence-electron chi connectivity index (χ3n) is 3.80. The van der Waals surface area contributed by atoms with E-state index in [0.29, 0.717) is 17.2 Å². The van der Waals surface area contributed by atoms with Crippen LogP contribution in [0.15, 0.2) is 18.2 Å². The fourth-order valence-corrected chi connectivity index (χ4v) is 2.53. The van der Waals surface area contributed by atoms with E-state index in [4.69, 9.17) is 5.11 Å². The molecular weight excluding hydrogens is 256 g/mol. The molecule has 3 N–H and O–H groups in total. The van der Waals surface area contributed by atoms with Crippen molar-refractivity contribution in [2.75, 3.05) is 11.9 Å². The van der Waals surface area contributed by atoms with Crippen LogP contribution in [-0.2, 0) is 4.79 Å². The Bertz CT molecular complexity index is 528. The summed E-state index contributed by atoms with van der Waals surface area (Å²) in [5.74, 6) is -0.552. The monoisotopic (exact) mass is 276 g/mol. The summed E-state index contributed by atoms with van der Waals surface area (Å²) >= 11 is 0. The maximum atomic E-state index is 12.2. The first kappa shape index (κ1) is 14.5. The zero-order valence-electron chi connectivity index (χ0n) is 11.8. The van der Waals surface area contributed by atoms with Gasteiger partial charge in [0.1, 0.15) is 0 Å². The first-order chi connectivity index (χ1) is 9.49. The molecule has 0 radical (unpaired) electrons. The van der Waals surface area contributed by atoms with Gasteiger partial charge < -0.3 is 15.7 Å². The largest absolute Gasteiger partial charge is 0.478 e. The van der Waals surface area contributed by atoms with Gasteiger partial charge in [0, 0.05) is 5.69 Å². The van der Waals surface area contributed by atoms with Gasteiger partial charge in [0.05, 0.1) is 11.6 Å². The van der Waals surface area contributed by atoms with Gasteiger partial charge in [0.25, 0.3) is 0 Å². The summed E-state index contributed by atoms with van der Waals surface area (Å²) in [4.78, 5) is 23.3. The molecule has 1 aliphatic heterocycles. The number of amides is 1. The minimum Gasteiger partial charge on any atom is -0.478 e. The summed E-state index contributed by atoms with van der Waals surface area (Å²) in [5, 5.41) is 15.1. The van der Waals surface area contributed by atoms with Gasteiger partial charge in [-0.15, -0.1) is 0 Å². The number of carboxylic acid groups (broad SMARTS) is 1. The van der Waals surface area contributed by atoms with E-state index >= 15 is 0 Å². The van der Waals surface area contributed by atoms with Crippen LogP contribution in [0.4, 0.5) is 5.69 Å². The highest BCUT2D eigenvalue weighted by atomic mass is 16.4. The zero-order chi connectivity index (χ0) is 14.7. The molecule has 0 spiro atoms. The second kappa shape index (κ2) is 6.05. The van der Waals surface area contributed by atoms with Crippen molar-refractivity contribution in [3.05, 3.63) is 29.3 Å². The minimum atomic E-state index is -0.983. The van der Waals surface area contributed by atoms with Crippen LogP contribution in [0.2, 0.25) is 0 Å². The molecular formula is C15H20N2O3. The van der Waals surface area contributed by atoms with Crippen LogP contribution >= 0.6 is 0 Å². The van der Waals surface area contributed by atoms with Gasteiger partial charge >= 0.3 is 5.97 Å². The SMILES string of the molecule is Cc1c(NC(=O)C2CC(C)CCN2)cccc1C(=O)O. The van der Waals surface area contributed by atoms with Gasteiger partial charge in [-0.2, -0.15) is 0 Å². The molecule has 0 bridgehead atoms. The molecule has 20 heavy (non-hydrogen) atoms. The minimum absolute atomic E-state index is 0.0952. The van der Waals surface area contributed by atoms with Crippen LogP contribution in [0.1, 0.15) is 35.7 Å². The Morgan fingerprint density at radius 3 is 2.80 bits per heavy atom. The summed E-state index contributed by atoms with van der Waals surface area (Å²) in [7, 11) is 0. The normalized spacial score (nSPS) is 22.3. The van der Waals surface area contributed by atoms with Crippen molar-refractivity contribution < 1.29 is 14.7 Å². The summed E-state index contributed by atoms with van der Waals surface area (Å²) in [6, 6.07) is 4.70. The Balaban J connectivity index is 2.11. The Kier molecular flexibility index (Phi) is 4.39. The van der Waals surface area contributed by atoms with Gasteiger partial charge in [-0.25, -0.2) is 4.79 Å². The third-order valence-corrected chi connectivity index (χ3v) is 3.80. The molecule has 2 rings (SSSR count). The van der Waals surface area contributed by atoms with Crippen LogP contribution in [0, 0.1) is 12.8 Å². The summed E-state index contributed by atoms with van der Waals surface area (Å²) < 4.78 is 0. The number of rotatable bonds is 3. The number of hydrogen-bond acceptors (Lipinski definition) is 3. The number of anilines is 1. The highest BCUT2D eigenvalue weighted by Crippen LogP contribution is 2.21. The lowest BCUT2D eigenvalue weighted by Gasteiger charge is -2.27. The van der Waals surface area contributed by atoms with E-state index in [0.717, 1.165) is 19.4 Å². The molecule has 108 valence electrons. The van der Waals surface area contributed by atoms with Crippen LogP contribution in [-0.4, -0.2) is 29.6 Å². The summed E-state index contributed by atoms with van der Waals surface area (Å²) in [5.41, 5.74) is 1.36. The van der Waals surface area contributed by atoms with Gasteiger partial charge in [-0.1, -0.05) is 13.0 Å².